The van der Waals surface area contributed by atoms with Gasteiger partial charge >= 0.3 is 6.03 Å². The Labute approximate surface area is 138 Å². The number of nitrogens with zero attached hydrogens (tertiary/aromatic N) is 2. The highest BCUT2D eigenvalue weighted by Gasteiger charge is 2.32. The van der Waals surface area contributed by atoms with Gasteiger partial charge in [-0.1, -0.05) is 19.0 Å². The van der Waals surface area contributed by atoms with Gasteiger partial charge in [-0.25, -0.2) is 13.6 Å². The van der Waals surface area contributed by atoms with Crippen molar-refractivity contribution in [2.24, 2.45) is 0 Å². The number of carbonyl (C=O) groups is 1. The van der Waals surface area contributed by atoms with Crippen molar-refractivity contribution in [1.82, 2.24) is 10.1 Å². The first-order valence-electron chi connectivity index (χ1n) is 7.95. The topological polar surface area (TPSA) is 58.4 Å². The third-order valence-corrected chi connectivity index (χ3v) is 4.14. The van der Waals surface area contributed by atoms with Crippen molar-refractivity contribution >= 4 is 11.7 Å². The van der Waals surface area contributed by atoms with Gasteiger partial charge < -0.3 is 14.7 Å². The van der Waals surface area contributed by atoms with E-state index in [0.29, 0.717) is 12.2 Å². The molecule has 0 bridgehead atoms. The van der Waals surface area contributed by atoms with Crippen molar-refractivity contribution in [3.8, 4) is 0 Å². The number of hydrogen-bond donors (Lipinski definition) is 1. The van der Waals surface area contributed by atoms with E-state index in [4.69, 9.17) is 4.52 Å². The lowest BCUT2D eigenvalue weighted by atomic mass is 10.1. The zero-order valence-corrected chi connectivity index (χ0v) is 13.6. The number of carbonyl (C=O) groups excluding carboxylic acids is 1. The molecule has 24 heavy (non-hydrogen) atoms. The van der Waals surface area contributed by atoms with Crippen molar-refractivity contribution in [3.05, 3.63) is 47.4 Å². The molecule has 5 nitrogen and oxygen atoms in total. The van der Waals surface area contributed by atoms with Crippen LogP contribution in [0.3, 0.4) is 0 Å². The molecule has 7 heteroatoms. The first-order chi connectivity index (χ1) is 11.5. The minimum atomic E-state index is -0.803. The molecule has 0 radical (unpaired) electrons. The average molecular weight is 335 g/mol. The zero-order chi connectivity index (χ0) is 17.3. The summed E-state index contributed by atoms with van der Waals surface area (Å²) in [7, 11) is 0. The van der Waals surface area contributed by atoms with E-state index in [9.17, 15) is 13.6 Å². The van der Waals surface area contributed by atoms with Crippen LogP contribution in [0, 0.1) is 11.6 Å². The number of nitrogens with one attached hydrogen (secondary N) is 1. The van der Waals surface area contributed by atoms with Gasteiger partial charge in [-0.05, 0) is 25.0 Å². The lowest BCUT2D eigenvalue weighted by molar-refractivity contribution is 0.204. The monoisotopic (exact) mass is 335 g/mol. The molecule has 1 atom stereocenters. The number of halogens is 2. The third kappa shape index (κ3) is 3.25. The molecule has 1 unspecified atom stereocenters. The fraction of sp³-hybridized carbons (Fsp3) is 0.412. The molecule has 1 aromatic carbocycles. The number of urea groups is 1. The normalized spacial score (nSPS) is 17.5. The van der Waals surface area contributed by atoms with Crippen molar-refractivity contribution < 1.29 is 18.1 Å². The molecule has 128 valence electrons. The summed E-state index contributed by atoms with van der Waals surface area (Å²) >= 11 is 0. The Morgan fingerprint density at radius 1 is 1.38 bits per heavy atom. The molecule has 2 amide bonds. The number of likely N-dealkylation sites (tertiary alicyclic amines) is 1. The summed E-state index contributed by atoms with van der Waals surface area (Å²) in [5, 5.41) is 6.56. The second kappa shape index (κ2) is 6.59. The second-order valence-corrected chi connectivity index (χ2v) is 6.21. The van der Waals surface area contributed by atoms with Gasteiger partial charge in [-0.15, -0.1) is 0 Å². The van der Waals surface area contributed by atoms with Gasteiger partial charge in [-0.3, -0.25) is 0 Å². The van der Waals surface area contributed by atoms with Crippen LogP contribution in [0.1, 0.15) is 50.1 Å². The molecule has 1 aliphatic rings. The van der Waals surface area contributed by atoms with Crippen LogP contribution < -0.4 is 5.32 Å². The van der Waals surface area contributed by atoms with Crippen molar-refractivity contribution in [1.29, 1.82) is 0 Å². The largest absolute Gasteiger partial charge is 0.361 e. The van der Waals surface area contributed by atoms with E-state index in [-0.39, 0.29) is 17.6 Å². The maximum Gasteiger partial charge on any atom is 0.322 e. The molecular formula is C17H19F2N3O2. The lowest BCUT2D eigenvalue weighted by Gasteiger charge is -2.23. The van der Waals surface area contributed by atoms with E-state index in [1.165, 1.54) is 6.07 Å². The Balaban J connectivity index is 1.75. The smallest absolute Gasteiger partial charge is 0.322 e. The maximum atomic E-state index is 13.7. The maximum absolute atomic E-state index is 13.7. The number of amides is 2. The van der Waals surface area contributed by atoms with E-state index < -0.39 is 17.7 Å². The van der Waals surface area contributed by atoms with E-state index in [1.54, 1.807) is 4.90 Å². The summed E-state index contributed by atoms with van der Waals surface area (Å²) in [5.74, 6) is -0.513. The third-order valence-electron chi connectivity index (χ3n) is 4.14. The van der Waals surface area contributed by atoms with Gasteiger partial charge in [0.05, 0.1) is 11.7 Å². The van der Waals surface area contributed by atoms with Crippen LogP contribution in [0.25, 0.3) is 0 Å². The standard InChI is InChI=1S/C17H19F2N3O2/c1-10(2)16-9-14(21-24-16)15-4-3-7-22(15)17(23)20-13-6-5-11(18)8-12(13)19/h5-6,8-10,15H,3-4,7H2,1-2H3,(H,20,23). The number of benzene rings is 1. The minimum absolute atomic E-state index is 0.0462. The van der Waals surface area contributed by atoms with Crippen molar-refractivity contribution in [2.75, 3.05) is 11.9 Å². The summed E-state index contributed by atoms with van der Waals surface area (Å²) in [6.45, 7) is 4.55. The number of anilines is 1. The highest BCUT2D eigenvalue weighted by molar-refractivity contribution is 5.89. The van der Waals surface area contributed by atoms with Crippen molar-refractivity contribution in [3.63, 3.8) is 0 Å². The molecule has 0 aliphatic carbocycles. The fourth-order valence-corrected chi connectivity index (χ4v) is 2.83. The highest BCUT2D eigenvalue weighted by atomic mass is 19.1. The van der Waals surface area contributed by atoms with Gasteiger partial charge in [0.2, 0.25) is 0 Å². The summed E-state index contributed by atoms with van der Waals surface area (Å²) in [5.41, 5.74) is 0.654. The Morgan fingerprint density at radius 3 is 2.83 bits per heavy atom. The fourth-order valence-electron chi connectivity index (χ4n) is 2.83. The van der Waals surface area contributed by atoms with Gasteiger partial charge in [0.1, 0.15) is 23.1 Å². The molecule has 0 spiro atoms. The molecule has 1 fully saturated rings. The molecule has 1 aromatic heterocycles. The Hall–Kier alpha value is -2.44. The van der Waals surface area contributed by atoms with Gasteiger partial charge in [-0.2, -0.15) is 0 Å². The predicted octanol–water partition coefficient (Wildman–Crippen LogP) is 4.45. The van der Waals surface area contributed by atoms with Crippen LogP contribution in [0.15, 0.2) is 28.8 Å². The highest BCUT2D eigenvalue weighted by Crippen LogP contribution is 2.33. The predicted molar refractivity (Wildman–Crippen MR) is 84.6 cm³/mol. The van der Waals surface area contributed by atoms with E-state index in [2.05, 4.69) is 10.5 Å². The summed E-state index contributed by atoms with van der Waals surface area (Å²) in [6, 6.07) is 4.28. The molecular weight excluding hydrogens is 316 g/mol. The second-order valence-electron chi connectivity index (χ2n) is 6.21. The van der Waals surface area contributed by atoms with Crippen LogP contribution in [0.2, 0.25) is 0 Å². The van der Waals surface area contributed by atoms with E-state index in [1.807, 2.05) is 19.9 Å². The molecule has 2 aromatic rings. The summed E-state index contributed by atoms with van der Waals surface area (Å²) in [4.78, 5) is 14.1. The number of aromatic nitrogens is 1. The molecule has 1 aliphatic heterocycles. The Morgan fingerprint density at radius 2 is 2.17 bits per heavy atom. The number of rotatable bonds is 3. The quantitative estimate of drug-likeness (QED) is 0.902. The van der Waals surface area contributed by atoms with E-state index in [0.717, 1.165) is 30.7 Å². The van der Waals surface area contributed by atoms with Crippen LogP contribution in [-0.2, 0) is 0 Å². The molecule has 1 saturated heterocycles. The van der Waals surface area contributed by atoms with Crippen LogP contribution in [-0.4, -0.2) is 22.6 Å². The number of hydrogen-bond acceptors (Lipinski definition) is 3. The van der Waals surface area contributed by atoms with Crippen LogP contribution in [0.5, 0.6) is 0 Å². The van der Waals surface area contributed by atoms with Gasteiger partial charge in [0.25, 0.3) is 0 Å². The summed E-state index contributed by atoms with van der Waals surface area (Å²) < 4.78 is 32.0. The Bertz CT molecular complexity index is 745. The molecule has 1 N–H and O–H groups in total. The molecule has 3 rings (SSSR count). The minimum Gasteiger partial charge on any atom is -0.361 e. The molecule has 0 saturated carbocycles. The summed E-state index contributed by atoms with van der Waals surface area (Å²) in [6.07, 6.45) is 1.59. The first-order valence-corrected chi connectivity index (χ1v) is 7.95. The van der Waals surface area contributed by atoms with Gasteiger partial charge in [0.15, 0.2) is 0 Å². The SMILES string of the molecule is CC(C)c1cc(C2CCCN2C(=O)Nc2ccc(F)cc2F)no1. The van der Waals surface area contributed by atoms with Crippen LogP contribution >= 0.6 is 0 Å². The first kappa shape index (κ1) is 16.4. The zero-order valence-electron chi connectivity index (χ0n) is 13.6. The van der Waals surface area contributed by atoms with Gasteiger partial charge in [0, 0.05) is 24.6 Å². The van der Waals surface area contributed by atoms with Crippen LogP contribution in [0.4, 0.5) is 19.3 Å². The lowest BCUT2D eigenvalue weighted by Crippen LogP contribution is -2.34. The van der Waals surface area contributed by atoms with Crippen molar-refractivity contribution in [2.45, 2.75) is 38.6 Å². The average Bonchev–Trinajstić information content (AvgIpc) is 3.17. The Kier molecular flexibility index (Phi) is 4.51. The molecule has 2 heterocycles. The van der Waals surface area contributed by atoms with E-state index >= 15 is 0 Å².